The summed E-state index contributed by atoms with van der Waals surface area (Å²) in [6.45, 7) is 6.52. The summed E-state index contributed by atoms with van der Waals surface area (Å²) in [5, 5.41) is 1.17. The van der Waals surface area contributed by atoms with Crippen molar-refractivity contribution in [1.29, 1.82) is 0 Å². The summed E-state index contributed by atoms with van der Waals surface area (Å²) < 4.78 is 0. The molecule has 1 aliphatic rings. The Balaban J connectivity index is 2.05. The van der Waals surface area contributed by atoms with Gasteiger partial charge in [0.05, 0.1) is 5.39 Å². The van der Waals surface area contributed by atoms with Gasteiger partial charge in [0, 0.05) is 18.0 Å². The molecule has 0 aromatic carbocycles. The van der Waals surface area contributed by atoms with Crippen molar-refractivity contribution in [3.63, 3.8) is 0 Å². The standard InChI is InChI=1S/C15H23N5S/c1-3-7-20(9-10-5-6-10)13-12-8-11(4-2)21-14(12)18-15(17-13)19-16/h8,10H,3-7,9,16H2,1-2H3,(H,17,18,19). The first-order chi connectivity index (χ1) is 10.2. The SMILES string of the molecule is CCCN(CC1CC1)c1nc(NN)nc2sc(CC)cc12. The lowest BCUT2D eigenvalue weighted by Crippen LogP contribution is -2.28. The van der Waals surface area contributed by atoms with Crippen LogP contribution in [-0.4, -0.2) is 23.1 Å². The average Bonchev–Trinajstić information content (AvgIpc) is 3.21. The van der Waals surface area contributed by atoms with Gasteiger partial charge < -0.3 is 4.90 Å². The van der Waals surface area contributed by atoms with Gasteiger partial charge in [-0.3, -0.25) is 5.43 Å². The maximum absolute atomic E-state index is 5.55. The topological polar surface area (TPSA) is 67.1 Å². The van der Waals surface area contributed by atoms with Gasteiger partial charge >= 0.3 is 0 Å². The van der Waals surface area contributed by atoms with E-state index < -0.39 is 0 Å². The van der Waals surface area contributed by atoms with Crippen molar-refractivity contribution in [2.75, 3.05) is 23.4 Å². The third-order valence-corrected chi connectivity index (χ3v) is 5.04. The first-order valence-corrected chi connectivity index (χ1v) is 8.58. The van der Waals surface area contributed by atoms with E-state index in [1.54, 1.807) is 11.3 Å². The van der Waals surface area contributed by atoms with Crippen molar-refractivity contribution in [3.05, 3.63) is 10.9 Å². The minimum absolute atomic E-state index is 0.513. The van der Waals surface area contributed by atoms with Gasteiger partial charge in [-0.25, -0.2) is 10.8 Å². The van der Waals surface area contributed by atoms with Gasteiger partial charge in [-0.05, 0) is 37.7 Å². The van der Waals surface area contributed by atoms with Crippen LogP contribution in [0, 0.1) is 5.92 Å². The van der Waals surface area contributed by atoms with Gasteiger partial charge in [0.1, 0.15) is 10.6 Å². The number of fused-ring (bicyclic) bond motifs is 1. The zero-order chi connectivity index (χ0) is 14.8. The number of hydrogen-bond donors (Lipinski definition) is 2. The number of anilines is 2. The van der Waals surface area contributed by atoms with Crippen molar-refractivity contribution >= 4 is 33.3 Å². The summed E-state index contributed by atoms with van der Waals surface area (Å²) in [4.78, 5) is 13.9. The first kappa shape index (κ1) is 14.5. The van der Waals surface area contributed by atoms with Crippen LogP contribution in [0.5, 0.6) is 0 Å². The van der Waals surface area contributed by atoms with Crippen LogP contribution < -0.4 is 16.2 Å². The molecule has 0 saturated heterocycles. The van der Waals surface area contributed by atoms with E-state index in [2.05, 4.69) is 40.2 Å². The molecular weight excluding hydrogens is 282 g/mol. The molecule has 0 aliphatic heterocycles. The lowest BCUT2D eigenvalue weighted by Gasteiger charge is -2.24. The number of hydrogen-bond acceptors (Lipinski definition) is 6. The Hall–Kier alpha value is -1.40. The predicted octanol–water partition coefficient (Wildman–Crippen LogP) is 3.17. The van der Waals surface area contributed by atoms with E-state index in [4.69, 9.17) is 5.84 Å². The second-order valence-electron chi connectivity index (χ2n) is 5.69. The lowest BCUT2D eigenvalue weighted by atomic mass is 10.2. The summed E-state index contributed by atoms with van der Waals surface area (Å²) in [6.07, 6.45) is 4.84. The molecule has 1 aliphatic carbocycles. The van der Waals surface area contributed by atoms with Crippen LogP contribution in [0.15, 0.2) is 6.07 Å². The highest BCUT2D eigenvalue weighted by Gasteiger charge is 2.26. The van der Waals surface area contributed by atoms with Crippen molar-refractivity contribution in [2.45, 2.75) is 39.5 Å². The van der Waals surface area contributed by atoms with E-state index in [0.29, 0.717) is 5.95 Å². The fraction of sp³-hybridized carbons (Fsp3) is 0.600. The summed E-state index contributed by atoms with van der Waals surface area (Å²) >= 11 is 1.74. The Morgan fingerprint density at radius 2 is 2.19 bits per heavy atom. The number of thiophene rings is 1. The average molecular weight is 305 g/mol. The minimum atomic E-state index is 0.513. The third kappa shape index (κ3) is 3.11. The molecule has 2 aromatic heterocycles. The molecule has 0 spiro atoms. The summed E-state index contributed by atoms with van der Waals surface area (Å²) in [5.41, 5.74) is 2.61. The molecule has 2 aromatic rings. The Labute approximate surface area is 129 Å². The molecule has 0 amide bonds. The number of nitrogens with one attached hydrogen (secondary N) is 1. The fourth-order valence-electron chi connectivity index (χ4n) is 2.60. The molecule has 3 rings (SSSR count). The maximum atomic E-state index is 5.55. The molecule has 0 bridgehead atoms. The summed E-state index contributed by atoms with van der Waals surface area (Å²) in [5.74, 6) is 7.93. The van der Waals surface area contributed by atoms with Gasteiger partial charge in [0.25, 0.3) is 0 Å². The molecule has 3 N–H and O–H groups in total. The minimum Gasteiger partial charge on any atom is -0.356 e. The molecular formula is C15H23N5S. The number of aromatic nitrogens is 2. The largest absolute Gasteiger partial charge is 0.356 e. The first-order valence-electron chi connectivity index (χ1n) is 7.77. The van der Waals surface area contributed by atoms with Gasteiger partial charge in [-0.15, -0.1) is 11.3 Å². The van der Waals surface area contributed by atoms with Crippen molar-refractivity contribution in [1.82, 2.24) is 9.97 Å². The van der Waals surface area contributed by atoms with Gasteiger partial charge in [0.15, 0.2) is 0 Å². The highest BCUT2D eigenvalue weighted by Crippen LogP contribution is 2.36. The molecule has 5 nitrogen and oxygen atoms in total. The number of nitrogen functional groups attached to an aromatic ring is 1. The molecule has 6 heteroatoms. The van der Waals surface area contributed by atoms with Crippen LogP contribution in [0.4, 0.5) is 11.8 Å². The normalized spacial score (nSPS) is 14.6. The van der Waals surface area contributed by atoms with Crippen LogP contribution in [-0.2, 0) is 6.42 Å². The van der Waals surface area contributed by atoms with Crippen molar-refractivity contribution in [2.24, 2.45) is 11.8 Å². The van der Waals surface area contributed by atoms with Crippen LogP contribution in [0.2, 0.25) is 0 Å². The lowest BCUT2D eigenvalue weighted by molar-refractivity contribution is 0.701. The zero-order valence-corrected chi connectivity index (χ0v) is 13.5. The smallest absolute Gasteiger partial charge is 0.240 e. The number of nitrogens with two attached hydrogens (primary N) is 1. The molecule has 0 radical (unpaired) electrons. The number of rotatable bonds is 7. The Kier molecular flexibility index (Phi) is 4.26. The van der Waals surface area contributed by atoms with Crippen LogP contribution in [0.3, 0.4) is 0 Å². The molecule has 0 atom stereocenters. The van der Waals surface area contributed by atoms with Gasteiger partial charge in [-0.2, -0.15) is 4.98 Å². The van der Waals surface area contributed by atoms with Crippen molar-refractivity contribution in [3.8, 4) is 0 Å². The molecule has 114 valence electrons. The fourth-order valence-corrected chi connectivity index (χ4v) is 3.56. The second kappa shape index (κ2) is 6.15. The van der Waals surface area contributed by atoms with E-state index >= 15 is 0 Å². The molecule has 0 unspecified atom stereocenters. The van der Waals surface area contributed by atoms with E-state index in [0.717, 1.165) is 42.5 Å². The highest BCUT2D eigenvalue weighted by molar-refractivity contribution is 7.18. The number of aryl methyl sites for hydroxylation is 1. The monoisotopic (exact) mass is 305 g/mol. The van der Waals surface area contributed by atoms with Crippen molar-refractivity contribution < 1.29 is 0 Å². The summed E-state index contributed by atoms with van der Waals surface area (Å²) in [6, 6.07) is 2.24. The maximum Gasteiger partial charge on any atom is 0.240 e. The van der Waals surface area contributed by atoms with E-state index in [1.165, 1.54) is 23.1 Å². The highest BCUT2D eigenvalue weighted by atomic mass is 32.1. The van der Waals surface area contributed by atoms with E-state index in [-0.39, 0.29) is 0 Å². The Morgan fingerprint density at radius 1 is 1.38 bits per heavy atom. The number of nitrogens with zero attached hydrogens (tertiary/aromatic N) is 3. The van der Waals surface area contributed by atoms with Crippen LogP contribution >= 0.6 is 11.3 Å². The number of hydrazine groups is 1. The molecule has 1 fully saturated rings. The van der Waals surface area contributed by atoms with Crippen LogP contribution in [0.25, 0.3) is 10.2 Å². The van der Waals surface area contributed by atoms with Gasteiger partial charge in [0.2, 0.25) is 5.95 Å². The van der Waals surface area contributed by atoms with E-state index in [1.807, 2.05) is 0 Å². The summed E-state index contributed by atoms with van der Waals surface area (Å²) in [7, 11) is 0. The Morgan fingerprint density at radius 3 is 2.81 bits per heavy atom. The van der Waals surface area contributed by atoms with Crippen LogP contribution in [0.1, 0.15) is 38.0 Å². The quantitative estimate of drug-likeness (QED) is 0.607. The molecule has 21 heavy (non-hydrogen) atoms. The Bertz CT molecular complexity index is 620. The second-order valence-corrected chi connectivity index (χ2v) is 6.80. The zero-order valence-electron chi connectivity index (χ0n) is 12.7. The molecule has 2 heterocycles. The third-order valence-electron chi connectivity index (χ3n) is 3.87. The van der Waals surface area contributed by atoms with E-state index in [9.17, 15) is 0 Å². The van der Waals surface area contributed by atoms with Gasteiger partial charge in [-0.1, -0.05) is 13.8 Å². The predicted molar refractivity (Wildman–Crippen MR) is 89.8 cm³/mol. The molecule has 1 saturated carbocycles.